The van der Waals surface area contributed by atoms with Crippen LogP contribution < -0.4 is 19.7 Å². The molecule has 0 aromatic heterocycles. The topological polar surface area (TPSA) is 105 Å². The van der Waals surface area contributed by atoms with Gasteiger partial charge in [-0.15, -0.1) is 0 Å². The number of ether oxygens (including phenoxy) is 1. The van der Waals surface area contributed by atoms with Gasteiger partial charge in [0.05, 0.1) is 28.4 Å². The van der Waals surface area contributed by atoms with Crippen LogP contribution in [0.2, 0.25) is 0 Å². The standard InChI is InChI=1S/C28H33N3O5S/c1-5-21(4)29-28(33)23-11-7-8-12-24(23)30-27(32)19-31(25-13-9-10-14-26(25)36-6-2)37(34,35)22-17-15-20(3)16-18-22/h7-18,21H,5-6,19H2,1-4H3,(H,29,33)(H,30,32)/t21-/m1/s1. The van der Waals surface area contributed by atoms with Crippen molar-refractivity contribution in [2.75, 3.05) is 22.8 Å². The van der Waals surface area contributed by atoms with Crippen molar-refractivity contribution in [2.45, 2.75) is 45.1 Å². The molecule has 2 N–H and O–H groups in total. The molecule has 2 amide bonds. The first-order valence-corrected chi connectivity index (χ1v) is 13.6. The average Bonchev–Trinajstić information content (AvgIpc) is 2.88. The van der Waals surface area contributed by atoms with Crippen molar-refractivity contribution in [3.8, 4) is 5.75 Å². The number of nitrogens with one attached hydrogen (secondary N) is 2. The maximum atomic E-state index is 13.7. The van der Waals surface area contributed by atoms with Crippen LogP contribution in [0, 0.1) is 6.92 Å². The predicted octanol–water partition coefficient (Wildman–Crippen LogP) is 4.76. The zero-order chi connectivity index (χ0) is 27.0. The SMILES string of the molecule is CCOc1ccccc1N(CC(=O)Nc1ccccc1C(=O)N[C@H](C)CC)S(=O)(=O)c1ccc(C)cc1. The number of sulfonamides is 1. The van der Waals surface area contributed by atoms with E-state index in [-0.39, 0.29) is 22.5 Å². The second-order valence-corrected chi connectivity index (χ2v) is 10.5. The fourth-order valence-corrected chi connectivity index (χ4v) is 5.02. The number of benzene rings is 3. The highest BCUT2D eigenvalue weighted by atomic mass is 32.2. The number of carbonyl (C=O) groups is 2. The Balaban J connectivity index is 1.97. The lowest BCUT2D eigenvalue weighted by molar-refractivity contribution is -0.114. The molecule has 0 bridgehead atoms. The molecule has 1 atom stereocenters. The summed E-state index contributed by atoms with van der Waals surface area (Å²) in [5.74, 6) is -0.594. The smallest absolute Gasteiger partial charge is 0.264 e. The maximum Gasteiger partial charge on any atom is 0.264 e. The Labute approximate surface area is 218 Å². The number of para-hydroxylation sites is 3. The van der Waals surface area contributed by atoms with Crippen molar-refractivity contribution in [3.05, 3.63) is 83.9 Å². The minimum atomic E-state index is -4.13. The molecule has 0 aliphatic carbocycles. The van der Waals surface area contributed by atoms with Gasteiger partial charge >= 0.3 is 0 Å². The summed E-state index contributed by atoms with van der Waals surface area (Å²) in [6.07, 6.45) is 0.755. The first-order valence-electron chi connectivity index (χ1n) is 12.2. The van der Waals surface area contributed by atoms with Gasteiger partial charge in [0.15, 0.2) is 0 Å². The van der Waals surface area contributed by atoms with Crippen LogP contribution in [-0.4, -0.2) is 39.4 Å². The van der Waals surface area contributed by atoms with E-state index in [1.54, 1.807) is 67.6 Å². The third-order valence-electron chi connectivity index (χ3n) is 5.77. The van der Waals surface area contributed by atoms with Gasteiger partial charge in [-0.3, -0.25) is 13.9 Å². The van der Waals surface area contributed by atoms with Crippen LogP contribution in [0.25, 0.3) is 0 Å². The molecule has 8 nitrogen and oxygen atoms in total. The van der Waals surface area contributed by atoms with Crippen LogP contribution in [0.4, 0.5) is 11.4 Å². The van der Waals surface area contributed by atoms with Crippen LogP contribution in [0.1, 0.15) is 43.1 Å². The summed E-state index contributed by atoms with van der Waals surface area (Å²) in [5.41, 5.74) is 1.73. The van der Waals surface area contributed by atoms with Gasteiger partial charge in [-0.1, -0.05) is 48.9 Å². The molecular formula is C28H33N3O5S. The van der Waals surface area contributed by atoms with Gasteiger partial charge in [0.2, 0.25) is 5.91 Å². The van der Waals surface area contributed by atoms with Crippen LogP contribution in [0.15, 0.2) is 77.7 Å². The van der Waals surface area contributed by atoms with Crippen LogP contribution in [0.3, 0.4) is 0 Å². The van der Waals surface area contributed by atoms with E-state index in [9.17, 15) is 18.0 Å². The van der Waals surface area contributed by atoms with E-state index in [0.29, 0.717) is 23.6 Å². The minimum absolute atomic E-state index is 0.0403. The van der Waals surface area contributed by atoms with Gasteiger partial charge in [-0.05, 0) is 63.6 Å². The van der Waals surface area contributed by atoms with Gasteiger partial charge in [-0.2, -0.15) is 0 Å². The summed E-state index contributed by atoms with van der Waals surface area (Å²) in [6.45, 7) is 7.30. The molecule has 0 saturated heterocycles. The van der Waals surface area contributed by atoms with E-state index in [0.717, 1.165) is 16.3 Å². The summed E-state index contributed by atoms with van der Waals surface area (Å²) in [7, 11) is -4.13. The Morgan fingerprint density at radius 2 is 1.59 bits per heavy atom. The lowest BCUT2D eigenvalue weighted by atomic mass is 10.1. The highest BCUT2D eigenvalue weighted by Crippen LogP contribution is 2.32. The average molecular weight is 524 g/mol. The summed E-state index contributed by atoms with van der Waals surface area (Å²) in [4.78, 5) is 26.1. The first-order chi connectivity index (χ1) is 17.7. The zero-order valence-electron chi connectivity index (χ0n) is 21.5. The lowest BCUT2D eigenvalue weighted by Gasteiger charge is -2.26. The van der Waals surface area contributed by atoms with Crippen LogP contribution in [0.5, 0.6) is 5.75 Å². The highest BCUT2D eigenvalue weighted by molar-refractivity contribution is 7.92. The Morgan fingerprint density at radius 3 is 2.27 bits per heavy atom. The fraction of sp³-hybridized carbons (Fsp3) is 0.286. The molecule has 196 valence electrons. The zero-order valence-corrected chi connectivity index (χ0v) is 22.3. The summed E-state index contributed by atoms with van der Waals surface area (Å²) in [6, 6.07) is 19.7. The second-order valence-electron chi connectivity index (χ2n) is 8.60. The summed E-state index contributed by atoms with van der Waals surface area (Å²) < 4.78 is 34.2. The van der Waals surface area contributed by atoms with Gasteiger partial charge in [0.1, 0.15) is 12.3 Å². The molecule has 0 aliphatic heterocycles. The third-order valence-corrected chi connectivity index (χ3v) is 7.54. The van der Waals surface area contributed by atoms with E-state index in [2.05, 4.69) is 10.6 Å². The van der Waals surface area contributed by atoms with Gasteiger partial charge in [0, 0.05) is 6.04 Å². The van der Waals surface area contributed by atoms with Crippen molar-refractivity contribution in [1.29, 1.82) is 0 Å². The van der Waals surface area contributed by atoms with Crippen molar-refractivity contribution in [1.82, 2.24) is 5.32 Å². The molecule has 0 saturated carbocycles. The molecule has 0 heterocycles. The Kier molecular flexibility index (Phi) is 9.30. The number of anilines is 2. The molecule has 0 fully saturated rings. The number of nitrogens with zero attached hydrogens (tertiary/aromatic N) is 1. The molecule has 0 spiro atoms. The number of hydrogen-bond donors (Lipinski definition) is 2. The highest BCUT2D eigenvalue weighted by Gasteiger charge is 2.30. The van der Waals surface area contributed by atoms with E-state index in [1.165, 1.54) is 12.1 Å². The number of amides is 2. The van der Waals surface area contributed by atoms with Crippen molar-refractivity contribution in [2.24, 2.45) is 0 Å². The molecule has 3 aromatic carbocycles. The van der Waals surface area contributed by atoms with Crippen molar-refractivity contribution >= 4 is 33.2 Å². The Morgan fingerprint density at radius 1 is 0.946 bits per heavy atom. The quantitative estimate of drug-likeness (QED) is 0.377. The third kappa shape index (κ3) is 6.89. The monoisotopic (exact) mass is 523 g/mol. The molecule has 3 rings (SSSR count). The van der Waals surface area contributed by atoms with Crippen molar-refractivity contribution in [3.63, 3.8) is 0 Å². The van der Waals surface area contributed by atoms with Gasteiger partial charge < -0.3 is 15.4 Å². The van der Waals surface area contributed by atoms with Crippen LogP contribution >= 0.6 is 0 Å². The maximum absolute atomic E-state index is 13.7. The molecule has 0 aliphatic rings. The minimum Gasteiger partial charge on any atom is -0.492 e. The number of aryl methyl sites for hydroxylation is 1. The Hall–Kier alpha value is -3.85. The molecule has 0 radical (unpaired) electrons. The molecule has 3 aromatic rings. The molecule has 9 heteroatoms. The summed E-state index contributed by atoms with van der Waals surface area (Å²) in [5, 5.41) is 5.61. The van der Waals surface area contributed by atoms with Crippen molar-refractivity contribution < 1.29 is 22.7 Å². The second kappa shape index (κ2) is 12.4. The van der Waals surface area contributed by atoms with Gasteiger partial charge in [-0.25, -0.2) is 8.42 Å². The number of hydrogen-bond acceptors (Lipinski definition) is 5. The normalized spacial score (nSPS) is 11.9. The fourth-order valence-electron chi connectivity index (χ4n) is 3.59. The lowest BCUT2D eigenvalue weighted by Crippen LogP contribution is -2.39. The molecular weight excluding hydrogens is 490 g/mol. The summed E-state index contributed by atoms with van der Waals surface area (Å²) >= 11 is 0. The van der Waals surface area contributed by atoms with Gasteiger partial charge in [0.25, 0.3) is 15.9 Å². The van der Waals surface area contributed by atoms with E-state index in [1.807, 2.05) is 20.8 Å². The number of rotatable bonds is 11. The first kappa shape index (κ1) is 27.7. The van der Waals surface area contributed by atoms with E-state index in [4.69, 9.17) is 4.74 Å². The predicted molar refractivity (Wildman–Crippen MR) is 146 cm³/mol. The molecule has 0 unspecified atom stereocenters. The molecule has 37 heavy (non-hydrogen) atoms. The van der Waals surface area contributed by atoms with E-state index >= 15 is 0 Å². The van der Waals surface area contributed by atoms with Crippen LogP contribution in [-0.2, 0) is 14.8 Å². The Bertz CT molecular complexity index is 1340. The number of carbonyl (C=O) groups excluding carboxylic acids is 2. The largest absolute Gasteiger partial charge is 0.492 e. The van der Waals surface area contributed by atoms with E-state index < -0.39 is 22.5 Å².